The molecule has 1 rings (SSSR count). The monoisotopic (exact) mass is 286 g/mol. The Hall–Kier alpha value is -1.10. The molecule has 116 valence electrons. The van der Waals surface area contributed by atoms with Gasteiger partial charge in [0.05, 0.1) is 12.2 Å². The molecule has 1 aliphatic heterocycles. The lowest BCUT2D eigenvalue weighted by molar-refractivity contribution is -0.207. The van der Waals surface area contributed by atoms with E-state index >= 15 is 0 Å². The van der Waals surface area contributed by atoms with Gasteiger partial charge in [-0.15, -0.1) is 0 Å². The standard InChI is InChI=1S/C15H26O5/c1-8(2)14-10(4)15(19-12(6)17)9(3)13(20-14)7-18-11(5)16/h8-10,13-15H,7H2,1-6H3/t9-,10-,13+,14?,15-/m0/s1. The summed E-state index contributed by atoms with van der Waals surface area (Å²) in [5.41, 5.74) is 0. The Bertz CT molecular complexity index is 352. The van der Waals surface area contributed by atoms with Crippen LogP contribution in [0.1, 0.15) is 41.5 Å². The minimum Gasteiger partial charge on any atom is -0.463 e. The summed E-state index contributed by atoms with van der Waals surface area (Å²) in [4.78, 5) is 22.3. The molecule has 1 unspecified atom stereocenters. The Morgan fingerprint density at radius 3 is 2.15 bits per heavy atom. The van der Waals surface area contributed by atoms with Gasteiger partial charge in [-0.1, -0.05) is 27.7 Å². The molecule has 0 spiro atoms. The second-order valence-electron chi connectivity index (χ2n) is 5.98. The summed E-state index contributed by atoms with van der Waals surface area (Å²) in [6.07, 6.45) is -0.475. The van der Waals surface area contributed by atoms with Gasteiger partial charge in [0, 0.05) is 25.7 Å². The number of carbonyl (C=O) groups excluding carboxylic acids is 2. The van der Waals surface area contributed by atoms with Crippen LogP contribution < -0.4 is 0 Å². The van der Waals surface area contributed by atoms with Crippen LogP contribution in [0.3, 0.4) is 0 Å². The fraction of sp³-hybridized carbons (Fsp3) is 0.867. The van der Waals surface area contributed by atoms with Gasteiger partial charge in [0.25, 0.3) is 0 Å². The molecule has 0 aliphatic carbocycles. The van der Waals surface area contributed by atoms with Crippen LogP contribution in [0.4, 0.5) is 0 Å². The van der Waals surface area contributed by atoms with E-state index in [9.17, 15) is 9.59 Å². The number of rotatable bonds is 4. The number of hydrogen-bond donors (Lipinski definition) is 0. The SMILES string of the molecule is CC(=O)OC[C@H]1OC(C(C)C)[C@H](C)[C@@H](OC(C)=O)[C@H]1C. The summed E-state index contributed by atoms with van der Waals surface area (Å²) in [5.74, 6) is -0.213. The Balaban J connectivity index is 2.85. The minimum atomic E-state index is -0.329. The second kappa shape index (κ2) is 7.07. The number of esters is 2. The van der Waals surface area contributed by atoms with Gasteiger partial charge in [-0.25, -0.2) is 0 Å². The van der Waals surface area contributed by atoms with Crippen LogP contribution in [-0.4, -0.2) is 36.9 Å². The summed E-state index contributed by atoms with van der Waals surface area (Å²) in [6.45, 7) is 11.1. The van der Waals surface area contributed by atoms with Crippen molar-refractivity contribution in [3.8, 4) is 0 Å². The van der Waals surface area contributed by atoms with E-state index in [2.05, 4.69) is 13.8 Å². The predicted octanol–water partition coefficient (Wildman–Crippen LogP) is 2.18. The van der Waals surface area contributed by atoms with E-state index in [0.717, 1.165) is 0 Å². The quantitative estimate of drug-likeness (QED) is 0.741. The third-order valence-electron chi connectivity index (χ3n) is 3.88. The second-order valence-corrected chi connectivity index (χ2v) is 5.98. The number of hydrogen-bond acceptors (Lipinski definition) is 5. The zero-order valence-electron chi connectivity index (χ0n) is 13.2. The fourth-order valence-corrected chi connectivity index (χ4v) is 2.89. The molecule has 1 saturated heterocycles. The molecule has 0 amide bonds. The maximum Gasteiger partial charge on any atom is 0.302 e. The van der Waals surface area contributed by atoms with Gasteiger partial charge in [-0.3, -0.25) is 9.59 Å². The molecule has 5 heteroatoms. The van der Waals surface area contributed by atoms with Gasteiger partial charge in [-0.2, -0.15) is 0 Å². The first kappa shape index (κ1) is 17.0. The average molecular weight is 286 g/mol. The topological polar surface area (TPSA) is 61.8 Å². The van der Waals surface area contributed by atoms with Gasteiger partial charge < -0.3 is 14.2 Å². The van der Waals surface area contributed by atoms with Crippen LogP contribution in [-0.2, 0) is 23.8 Å². The minimum absolute atomic E-state index is 0.0109. The van der Waals surface area contributed by atoms with E-state index in [1.54, 1.807) is 0 Å². The van der Waals surface area contributed by atoms with Gasteiger partial charge in [0.1, 0.15) is 12.7 Å². The summed E-state index contributed by atoms with van der Waals surface area (Å²) in [6, 6.07) is 0. The lowest BCUT2D eigenvalue weighted by Gasteiger charge is -2.45. The highest BCUT2D eigenvalue weighted by molar-refractivity contribution is 5.66. The highest BCUT2D eigenvalue weighted by Gasteiger charge is 2.44. The summed E-state index contributed by atoms with van der Waals surface area (Å²) < 4.78 is 16.6. The molecule has 0 N–H and O–H groups in total. The van der Waals surface area contributed by atoms with Crippen LogP contribution in [0, 0.1) is 17.8 Å². The predicted molar refractivity (Wildman–Crippen MR) is 74.0 cm³/mol. The van der Waals surface area contributed by atoms with Crippen LogP contribution in [0.25, 0.3) is 0 Å². The van der Waals surface area contributed by atoms with Crippen LogP contribution in [0.2, 0.25) is 0 Å². The normalized spacial score (nSPS) is 33.9. The van der Waals surface area contributed by atoms with Gasteiger partial charge in [0.15, 0.2) is 0 Å². The highest BCUT2D eigenvalue weighted by atomic mass is 16.6. The van der Waals surface area contributed by atoms with Gasteiger partial charge in [-0.05, 0) is 5.92 Å². The molecule has 0 aromatic rings. The largest absolute Gasteiger partial charge is 0.463 e. The third kappa shape index (κ3) is 4.20. The van der Waals surface area contributed by atoms with E-state index in [1.807, 2.05) is 13.8 Å². The zero-order valence-corrected chi connectivity index (χ0v) is 13.2. The van der Waals surface area contributed by atoms with Crippen LogP contribution in [0.15, 0.2) is 0 Å². The molecule has 1 fully saturated rings. The van der Waals surface area contributed by atoms with Crippen molar-refractivity contribution in [1.82, 2.24) is 0 Å². The molecule has 0 aromatic carbocycles. The van der Waals surface area contributed by atoms with Crippen molar-refractivity contribution in [1.29, 1.82) is 0 Å². The van der Waals surface area contributed by atoms with Crippen molar-refractivity contribution >= 4 is 11.9 Å². The van der Waals surface area contributed by atoms with Crippen molar-refractivity contribution in [2.45, 2.75) is 59.9 Å². The Kier molecular flexibility index (Phi) is 5.99. The molecule has 20 heavy (non-hydrogen) atoms. The van der Waals surface area contributed by atoms with Gasteiger partial charge >= 0.3 is 11.9 Å². The summed E-state index contributed by atoms with van der Waals surface area (Å²) in [7, 11) is 0. The molecule has 0 radical (unpaired) electrons. The molecular formula is C15H26O5. The Morgan fingerprint density at radius 2 is 1.70 bits per heavy atom. The van der Waals surface area contributed by atoms with Crippen molar-refractivity contribution in [2.75, 3.05) is 6.61 Å². The molecule has 1 aliphatic rings. The fourth-order valence-electron chi connectivity index (χ4n) is 2.89. The van der Waals surface area contributed by atoms with E-state index in [1.165, 1.54) is 13.8 Å². The van der Waals surface area contributed by atoms with E-state index in [-0.39, 0.29) is 48.7 Å². The maximum atomic E-state index is 11.3. The molecule has 0 bridgehead atoms. The molecule has 0 saturated carbocycles. The number of ether oxygens (including phenoxy) is 3. The molecular weight excluding hydrogens is 260 g/mol. The average Bonchev–Trinajstić information content (AvgIpc) is 2.32. The molecule has 1 heterocycles. The lowest BCUT2D eigenvalue weighted by Crippen LogP contribution is -2.53. The first-order valence-electron chi connectivity index (χ1n) is 7.20. The first-order chi connectivity index (χ1) is 9.23. The van der Waals surface area contributed by atoms with Crippen molar-refractivity contribution in [3.63, 3.8) is 0 Å². The van der Waals surface area contributed by atoms with Crippen molar-refractivity contribution in [3.05, 3.63) is 0 Å². The van der Waals surface area contributed by atoms with Crippen molar-refractivity contribution < 1.29 is 23.8 Å². The van der Waals surface area contributed by atoms with Crippen molar-refractivity contribution in [2.24, 2.45) is 17.8 Å². The third-order valence-corrected chi connectivity index (χ3v) is 3.88. The Labute approximate surface area is 121 Å². The lowest BCUT2D eigenvalue weighted by atomic mass is 9.79. The van der Waals surface area contributed by atoms with E-state index in [4.69, 9.17) is 14.2 Å². The van der Waals surface area contributed by atoms with Crippen LogP contribution in [0.5, 0.6) is 0 Å². The smallest absolute Gasteiger partial charge is 0.302 e. The summed E-state index contributed by atoms with van der Waals surface area (Å²) in [5, 5.41) is 0. The van der Waals surface area contributed by atoms with E-state index < -0.39 is 0 Å². The highest BCUT2D eigenvalue weighted by Crippen LogP contribution is 2.35. The maximum absolute atomic E-state index is 11.3. The molecule has 0 aromatic heterocycles. The van der Waals surface area contributed by atoms with Crippen LogP contribution >= 0.6 is 0 Å². The molecule has 5 atom stereocenters. The first-order valence-corrected chi connectivity index (χ1v) is 7.20. The zero-order chi connectivity index (χ0) is 15.4. The van der Waals surface area contributed by atoms with E-state index in [0.29, 0.717) is 5.92 Å². The van der Waals surface area contributed by atoms with Gasteiger partial charge in [0.2, 0.25) is 0 Å². The Morgan fingerprint density at radius 1 is 1.10 bits per heavy atom. The summed E-state index contributed by atoms with van der Waals surface area (Å²) >= 11 is 0. The number of carbonyl (C=O) groups is 2. The molecule has 5 nitrogen and oxygen atoms in total.